The second kappa shape index (κ2) is 16.5. The number of rotatable bonds is 14. The van der Waals surface area contributed by atoms with Gasteiger partial charge in [-0.15, -0.1) is 6.58 Å². The van der Waals surface area contributed by atoms with E-state index in [-0.39, 0.29) is 0 Å². The first-order valence-corrected chi connectivity index (χ1v) is 7.97. The molecule has 0 saturated heterocycles. The van der Waals surface area contributed by atoms with E-state index in [1.165, 1.54) is 77.0 Å². The lowest BCUT2D eigenvalue weighted by atomic mass is 10.1. The topological polar surface area (TPSA) is 0 Å². The van der Waals surface area contributed by atoms with Gasteiger partial charge in [0.05, 0.1) is 0 Å². The van der Waals surface area contributed by atoms with Crippen LogP contribution in [0, 0.1) is 6.92 Å². The Morgan fingerprint density at radius 1 is 0.556 bits per heavy atom. The Hall–Kier alpha value is -0.520. The monoisotopic (exact) mass is 249 g/mol. The van der Waals surface area contributed by atoms with Crippen LogP contribution in [0.4, 0.5) is 0 Å². The Morgan fingerprint density at radius 2 is 1.00 bits per heavy atom. The van der Waals surface area contributed by atoms with Crippen molar-refractivity contribution < 1.29 is 0 Å². The summed E-state index contributed by atoms with van der Waals surface area (Å²) in [5.74, 6) is 0. The average molecular weight is 249 g/mol. The standard InChI is InChI=1S/C18H33/c1-3-5-7-9-11-13-15-17-18-16-14-12-10-8-6-4-2/h3,12,14H,1-2,4-11,13,15-18H2. The molecule has 0 spiro atoms. The van der Waals surface area contributed by atoms with Crippen molar-refractivity contribution in [1.29, 1.82) is 0 Å². The van der Waals surface area contributed by atoms with Gasteiger partial charge in [-0.1, -0.05) is 70.1 Å². The van der Waals surface area contributed by atoms with Crippen LogP contribution in [0.1, 0.15) is 83.5 Å². The minimum atomic E-state index is 1.08. The van der Waals surface area contributed by atoms with Gasteiger partial charge in [0, 0.05) is 0 Å². The number of hydrogen-bond donors (Lipinski definition) is 0. The van der Waals surface area contributed by atoms with E-state index in [0.717, 1.165) is 6.42 Å². The molecule has 0 aromatic rings. The van der Waals surface area contributed by atoms with Gasteiger partial charge in [-0.3, -0.25) is 0 Å². The molecule has 1 radical (unpaired) electrons. The summed E-state index contributed by atoms with van der Waals surface area (Å²) >= 11 is 0. The summed E-state index contributed by atoms with van der Waals surface area (Å²) in [6.45, 7) is 7.61. The Kier molecular flexibility index (Phi) is 16.0. The van der Waals surface area contributed by atoms with Crippen LogP contribution in [-0.4, -0.2) is 0 Å². The molecule has 0 aliphatic heterocycles. The molecule has 105 valence electrons. The molecule has 0 unspecified atom stereocenters. The van der Waals surface area contributed by atoms with Crippen molar-refractivity contribution in [2.24, 2.45) is 0 Å². The van der Waals surface area contributed by atoms with E-state index >= 15 is 0 Å². The molecule has 18 heavy (non-hydrogen) atoms. The number of hydrogen-bond acceptors (Lipinski definition) is 0. The molecule has 0 aromatic heterocycles. The molecular formula is C18H33. The van der Waals surface area contributed by atoms with E-state index in [1.54, 1.807) is 0 Å². The lowest BCUT2D eigenvalue weighted by molar-refractivity contribution is 0.583. The van der Waals surface area contributed by atoms with Crippen molar-refractivity contribution in [2.75, 3.05) is 0 Å². The molecule has 0 nitrogen and oxygen atoms in total. The highest BCUT2D eigenvalue weighted by atomic mass is 14.0. The maximum Gasteiger partial charge on any atom is -0.0351 e. The van der Waals surface area contributed by atoms with Gasteiger partial charge in [-0.2, -0.15) is 0 Å². The van der Waals surface area contributed by atoms with Crippen LogP contribution < -0.4 is 0 Å². The van der Waals surface area contributed by atoms with Crippen molar-refractivity contribution in [2.45, 2.75) is 83.5 Å². The van der Waals surface area contributed by atoms with Crippen molar-refractivity contribution in [3.05, 3.63) is 31.7 Å². The summed E-state index contributed by atoms with van der Waals surface area (Å²) in [6, 6.07) is 0. The summed E-state index contributed by atoms with van der Waals surface area (Å²) in [4.78, 5) is 0. The zero-order chi connectivity index (χ0) is 13.3. The third-order valence-electron chi connectivity index (χ3n) is 3.32. The molecule has 0 saturated carbocycles. The molecule has 0 aliphatic carbocycles. The molecule has 0 amide bonds. The van der Waals surface area contributed by atoms with Crippen LogP contribution in [0.3, 0.4) is 0 Å². The van der Waals surface area contributed by atoms with Gasteiger partial charge in [-0.05, 0) is 38.5 Å². The van der Waals surface area contributed by atoms with E-state index in [0.29, 0.717) is 0 Å². The smallest absolute Gasteiger partial charge is 0.0351 e. The van der Waals surface area contributed by atoms with E-state index in [1.807, 2.05) is 6.08 Å². The summed E-state index contributed by atoms with van der Waals surface area (Å²) in [5.41, 5.74) is 0. The lowest BCUT2D eigenvalue weighted by Gasteiger charge is -2.00. The first-order chi connectivity index (χ1) is 8.91. The predicted octanol–water partition coefficient (Wildman–Crippen LogP) is 6.63. The van der Waals surface area contributed by atoms with Crippen molar-refractivity contribution in [3.8, 4) is 0 Å². The Morgan fingerprint density at radius 3 is 1.50 bits per heavy atom. The van der Waals surface area contributed by atoms with Crippen LogP contribution in [0.2, 0.25) is 0 Å². The van der Waals surface area contributed by atoms with Gasteiger partial charge in [0.25, 0.3) is 0 Å². The second-order valence-corrected chi connectivity index (χ2v) is 5.16. The minimum absolute atomic E-state index is 1.08. The highest BCUT2D eigenvalue weighted by Gasteiger charge is 1.90. The Bertz CT molecular complexity index is 178. The van der Waals surface area contributed by atoms with Crippen LogP contribution in [0.25, 0.3) is 0 Å². The fourth-order valence-electron chi connectivity index (χ4n) is 2.11. The van der Waals surface area contributed by atoms with E-state index in [2.05, 4.69) is 25.7 Å². The quantitative estimate of drug-likeness (QED) is 0.239. The van der Waals surface area contributed by atoms with E-state index in [4.69, 9.17) is 0 Å². The third-order valence-corrected chi connectivity index (χ3v) is 3.32. The molecule has 0 aromatic carbocycles. The van der Waals surface area contributed by atoms with Gasteiger partial charge in [-0.25, -0.2) is 0 Å². The number of unbranched alkanes of at least 4 members (excludes halogenated alkanes) is 11. The summed E-state index contributed by atoms with van der Waals surface area (Å²) < 4.78 is 0. The van der Waals surface area contributed by atoms with Gasteiger partial charge >= 0.3 is 0 Å². The molecule has 0 atom stereocenters. The normalized spacial score (nSPS) is 11.2. The largest absolute Gasteiger partial charge is 0.103 e. The molecule has 0 fully saturated rings. The lowest BCUT2D eigenvalue weighted by Crippen LogP contribution is -1.80. The van der Waals surface area contributed by atoms with Gasteiger partial charge in [0.2, 0.25) is 0 Å². The van der Waals surface area contributed by atoms with E-state index in [9.17, 15) is 0 Å². The molecule has 0 bridgehead atoms. The maximum absolute atomic E-state index is 3.86. The summed E-state index contributed by atoms with van der Waals surface area (Å²) in [6.07, 6.45) is 23.9. The molecular weight excluding hydrogens is 216 g/mol. The zero-order valence-electron chi connectivity index (χ0n) is 12.3. The first kappa shape index (κ1) is 17.5. The third kappa shape index (κ3) is 15.5. The predicted molar refractivity (Wildman–Crippen MR) is 84.7 cm³/mol. The molecule has 0 rings (SSSR count). The van der Waals surface area contributed by atoms with Gasteiger partial charge in [0.15, 0.2) is 0 Å². The summed E-state index contributed by atoms with van der Waals surface area (Å²) in [5, 5.41) is 0. The Labute approximate surface area is 116 Å². The van der Waals surface area contributed by atoms with E-state index < -0.39 is 0 Å². The first-order valence-electron chi connectivity index (χ1n) is 7.97. The summed E-state index contributed by atoms with van der Waals surface area (Å²) in [7, 11) is 0. The molecule has 0 N–H and O–H groups in total. The van der Waals surface area contributed by atoms with Crippen LogP contribution in [0.15, 0.2) is 24.8 Å². The van der Waals surface area contributed by atoms with Crippen LogP contribution >= 0.6 is 0 Å². The molecule has 0 heterocycles. The highest BCUT2D eigenvalue weighted by molar-refractivity contribution is 4.81. The maximum atomic E-state index is 3.86. The van der Waals surface area contributed by atoms with Crippen LogP contribution in [0.5, 0.6) is 0 Å². The Balaban J connectivity index is 3.00. The van der Waals surface area contributed by atoms with Gasteiger partial charge in [0.1, 0.15) is 0 Å². The fourth-order valence-corrected chi connectivity index (χ4v) is 2.11. The van der Waals surface area contributed by atoms with Crippen LogP contribution in [-0.2, 0) is 0 Å². The number of allylic oxidation sites excluding steroid dienone is 3. The second-order valence-electron chi connectivity index (χ2n) is 5.16. The average Bonchev–Trinajstić information content (AvgIpc) is 2.39. The molecule has 0 aliphatic rings. The minimum Gasteiger partial charge on any atom is -0.103 e. The zero-order valence-corrected chi connectivity index (χ0v) is 12.3. The molecule has 0 heteroatoms. The van der Waals surface area contributed by atoms with Crippen molar-refractivity contribution >= 4 is 0 Å². The highest BCUT2D eigenvalue weighted by Crippen LogP contribution is 2.10. The fraction of sp³-hybridized carbons (Fsp3) is 0.722. The van der Waals surface area contributed by atoms with Crippen molar-refractivity contribution in [1.82, 2.24) is 0 Å². The van der Waals surface area contributed by atoms with Gasteiger partial charge < -0.3 is 0 Å². The van der Waals surface area contributed by atoms with Crippen molar-refractivity contribution in [3.63, 3.8) is 0 Å². The SMILES string of the molecule is [CH2]CCCCC=CCCCCCCCCCC=C.